The van der Waals surface area contributed by atoms with E-state index in [1.807, 2.05) is 0 Å². The highest BCUT2D eigenvalue weighted by Gasteiger charge is 2.00. The second-order valence-corrected chi connectivity index (χ2v) is 4.02. The number of hydrogen-bond donors (Lipinski definition) is 1. The number of benzene rings is 1. The van der Waals surface area contributed by atoms with E-state index in [4.69, 9.17) is 0 Å². The molecule has 0 radical (unpaired) electrons. The van der Waals surface area contributed by atoms with E-state index in [0.717, 1.165) is 6.54 Å². The number of aryl methyl sites for hydroxylation is 1. The van der Waals surface area contributed by atoms with Crippen molar-refractivity contribution in [2.24, 2.45) is 5.92 Å². The number of rotatable bonds is 3. The molecule has 0 bridgehead atoms. The molecule has 1 aromatic carbocycles. The third-order valence-corrected chi connectivity index (χ3v) is 2.31. The Bertz CT molecular complexity index is 276. The molecule has 1 aromatic rings. The molecule has 0 aliphatic heterocycles. The molecule has 0 spiro atoms. The summed E-state index contributed by atoms with van der Waals surface area (Å²) in [5.74, 6) is 0.694. The average molecular weight is 177 g/mol. The van der Waals surface area contributed by atoms with Crippen molar-refractivity contribution >= 4 is 5.69 Å². The van der Waals surface area contributed by atoms with Crippen molar-refractivity contribution in [1.29, 1.82) is 0 Å². The summed E-state index contributed by atoms with van der Waals surface area (Å²) in [5.41, 5.74) is 3.99. The molecule has 0 amide bonds. The van der Waals surface area contributed by atoms with E-state index in [0.29, 0.717) is 5.92 Å². The van der Waals surface area contributed by atoms with Gasteiger partial charge in [-0.25, -0.2) is 0 Å². The minimum Gasteiger partial charge on any atom is -0.385 e. The van der Waals surface area contributed by atoms with Crippen molar-refractivity contribution in [1.82, 2.24) is 0 Å². The molecule has 1 rings (SSSR count). The molecule has 0 saturated heterocycles. The van der Waals surface area contributed by atoms with Gasteiger partial charge in [0, 0.05) is 12.2 Å². The van der Waals surface area contributed by atoms with Crippen LogP contribution in [0.1, 0.15) is 25.0 Å². The summed E-state index contributed by atoms with van der Waals surface area (Å²) in [7, 11) is 0. The Morgan fingerprint density at radius 1 is 1.23 bits per heavy atom. The number of nitrogens with one attached hydrogen (secondary N) is 1. The molecule has 1 nitrogen and oxygen atoms in total. The first-order valence-electron chi connectivity index (χ1n) is 4.91. The third-order valence-electron chi connectivity index (χ3n) is 2.31. The first-order chi connectivity index (χ1) is 6.11. The third kappa shape index (κ3) is 2.76. The van der Waals surface area contributed by atoms with Crippen molar-refractivity contribution in [2.75, 3.05) is 11.9 Å². The van der Waals surface area contributed by atoms with Gasteiger partial charge in [-0.2, -0.15) is 0 Å². The van der Waals surface area contributed by atoms with E-state index in [1.54, 1.807) is 0 Å². The van der Waals surface area contributed by atoms with Crippen LogP contribution in [-0.4, -0.2) is 6.54 Å². The van der Waals surface area contributed by atoms with E-state index in [-0.39, 0.29) is 0 Å². The van der Waals surface area contributed by atoms with Crippen LogP contribution in [0.5, 0.6) is 0 Å². The highest BCUT2D eigenvalue weighted by Crippen LogP contribution is 2.17. The molecule has 0 atom stereocenters. The van der Waals surface area contributed by atoms with Crippen molar-refractivity contribution < 1.29 is 0 Å². The summed E-state index contributed by atoms with van der Waals surface area (Å²) in [6.07, 6.45) is 0. The summed E-state index contributed by atoms with van der Waals surface area (Å²) >= 11 is 0. The average Bonchev–Trinajstić information content (AvgIpc) is 2.07. The second kappa shape index (κ2) is 4.31. The van der Waals surface area contributed by atoms with Gasteiger partial charge in [-0.3, -0.25) is 0 Å². The van der Waals surface area contributed by atoms with Crippen molar-refractivity contribution in [2.45, 2.75) is 27.7 Å². The van der Waals surface area contributed by atoms with Gasteiger partial charge in [0.1, 0.15) is 0 Å². The zero-order valence-corrected chi connectivity index (χ0v) is 9.02. The molecule has 1 N–H and O–H groups in total. The van der Waals surface area contributed by atoms with Gasteiger partial charge in [0.2, 0.25) is 0 Å². The summed E-state index contributed by atoms with van der Waals surface area (Å²) in [6.45, 7) is 9.80. The smallest absolute Gasteiger partial charge is 0.0372 e. The fraction of sp³-hybridized carbons (Fsp3) is 0.500. The lowest BCUT2D eigenvalue weighted by Gasteiger charge is -2.12. The van der Waals surface area contributed by atoms with Crippen LogP contribution in [0.25, 0.3) is 0 Å². The van der Waals surface area contributed by atoms with Crippen molar-refractivity contribution in [3.05, 3.63) is 29.3 Å². The SMILES string of the molecule is Cc1cccc(NCC(C)C)c1C. The molecule has 0 unspecified atom stereocenters. The Morgan fingerprint density at radius 3 is 2.54 bits per heavy atom. The zero-order chi connectivity index (χ0) is 9.84. The molecule has 0 aromatic heterocycles. The second-order valence-electron chi connectivity index (χ2n) is 4.02. The molecular weight excluding hydrogens is 158 g/mol. The van der Waals surface area contributed by atoms with Crippen LogP contribution in [0, 0.1) is 19.8 Å². The molecule has 0 saturated carbocycles. The first-order valence-corrected chi connectivity index (χ1v) is 4.91. The summed E-state index contributed by atoms with van der Waals surface area (Å²) in [6, 6.07) is 6.39. The predicted molar refractivity (Wildman–Crippen MR) is 59.2 cm³/mol. The number of anilines is 1. The van der Waals surface area contributed by atoms with E-state index in [9.17, 15) is 0 Å². The largest absolute Gasteiger partial charge is 0.385 e. The Hall–Kier alpha value is -0.980. The molecule has 72 valence electrons. The minimum atomic E-state index is 0.694. The Morgan fingerprint density at radius 2 is 1.92 bits per heavy atom. The van der Waals surface area contributed by atoms with Crippen LogP contribution in [-0.2, 0) is 0 Å². The molecule has 0 aliphatic rings. The lowest BCUT2D eigenvalue weighted by Crippen LogP contribution is -2.09. The predicted octanol–water partition coefficient (Wildman–Crippen LogP) is 3.37. The van der Waals surface area contributed by atoms with Gasteiger partial charge in [-0.1, -0.05) is 26.0 Å². The molecule has 13 heavy (non-hydrogen) atoms. The van der Waals surface area contributed by atoms with Gasteiger partial charge in [0.15, 0.2) is 0 Å². The topological polar surface area (TPSA) is 12.0 Å². The normalized spacial score (nSPS) is 10.5. The molecule has 0 heterocycles. The number of hydrogen-bond acceptors (Lipinski definition) is 1. The highest BCUT2D eigenvalue weighted by atomic mass is 14.9. The summed E-state index contributed by atoms with van der Waals surface area (Å²) in [4.78, 5) is 0. The van der Waals surface area contributed by atoms with Crippen LogP contribution >= 0.6 is 0 Å². The Balaban J connectivity index is 2.71. The molecule has 0 aliphatic carbocycles. The van der Waals surface area contributed by atoms with Gasteiger partial charge in [-0.05, 0) is 37.0 Å². The fourth-order valence-corrected chi connectivity index (χ4v) is 1.26. The van der Waals surface area contributed by atoms with Gasteiger partial charge in [0.05, 0.1) is 0 Å². The fourth-order valence-electron chi connectivity index (χ4n) is 1.26. The Labute approximate surface area is 81.2 Å². The van der Waals surface area contributed by atoms with Crippen LogP contribution < -0.4 is 5.32 Å². The summed E-state index contributed by atoms with van der Waals surface area (Å²) in [5, 5.41) is 3.45. The summed E-state index contributed by atoms with van der Waals surface area (Å²) < 4.78 is 0. The van der Waals surface area contributed by atoms with Crippen molar-refractivity contribution in [3.8, 4) is 0 Å². The minimum absolute atomic E-state index is 0.694. The van der Waals surface area contributed by atoms with Crippen LogP contribution in [0.3, 0.4) is 0 Å². The van der Waals surface area contributed by atoms with E-state index < -0.39 is 0 Å². The first kappa shape index (κ1) is 10.1. The van der Waals surface area contributed by atoms with Crippen LogP contribution in [0.15, 0.2) is 18.2 Å². The molecule has 0 fully saturated rings. The van der Waals surface area contributed by atoms with Crippen molar-refractivity contribution in [3.63, 3.8) is 0 Å². The highest BCUT2D eigenvalue weighted by molar-refractivity contribution is 5.53. The standard InChI is InChI=1S/C12H19N/c1-9(2)8-13-12-7-5-6-10(3)11(12)4/h5-7,9,13H,8H2,1-4H3. The van der Waals surface area contributed by atoms with Gasteiger partial charge in [-0.15, -0.1) is 0 Å². The lowest BCUT2D eigenvalue weighted by atomic mass is 10.1. The zero-order valence-electron chi connectivity index (χ0n) is 9.02. The van der Waals surface area contributed by atoms with Gasteiger partial charge >= 0.3 is 0 Å². The maximum atomic E-state index is 3.45. The van der Waals surface area contributed by atoms with Gasteiger partial charge in [0.25, 0.3) is 0 Å². The van der Waals surface area contributed by atoms with Gasteiger partial charge < -0.3 is 5.32 Å². The molecular formula is C12H19N. The van der Waals surface area contributed by atoms with E-state index >= 15 is 0 Å². The maximum Gasteiger partial charge on any atom is 0.0372 e. The van der Waals surface area contributed by atoms with E-state index in [1.165, 1.54) is 16.8 Å². The van der Waals surface area contributed by atoms with Crippen LogP contribution in [0.2, 0.25) is 0 Å². The quantitative estimate of drug-likeness (QED) is 0.746. The maximum absolute atomic E-state index is 3.45. The van der Waals surface area contributed by atoms with E-state index in [2.05, 4.69) is 51.2 Å². The molecule has 1 heteroatoms. The Kier molecular flexibility index (Phi) is 3.35. The lowest BCUT2D eigenvalue weighted by molar-refractivity contribution is 0.688. The van der Waals surface area contributed by atoms with Crippen LogP contribution in [0.4, 0.5) is 5.69 Å². The monoisotopic (exact) mass is 177 g/mol.